The molecule has 0 amide bonds. The second-order valence-electron chi connectivity index (χ2n) is 3.00. The van der Waals surface area contributed by atoms with Gasteiger partial charge in [0.1, 0.15) is 17.6 Å². The summed E-state index contributed by atoms with van der Waals surface area (Å²) in [5, 5.41) is 20.8. The van der Waals surface area contributed by atoms with E-state index < -0.39 is 11.9 Å². The maximum absolute atomic E-state index is 12.9. The number of phenolic OH excluding ortho intramolecular Hbond substituents is 1. The Kier molecular flexibility index (Phi) is 3.83. The van der Waals surface area contributed by atoms with E-state index in [0.29, 0.717) is 12.1 Å². The second kappa shape index (κ2) is 5.13. The lowest BCUT2D eigenvalue weighted by atomic mass is 10.1. The Morgan fingerprint density at radius 3 is 2.87 bits per heavy atom. The highest BCUT2D eigenvalue weighted by Crippen LogP contribution is 2.19. The van der Waals surface area contributed by atoms with E-state index in [0.717, 1.165) is 6.07 Å². The van der Waals surface area contributed by atoms with E-state index in [-0.39, 0.29) is 5.75 Å². The molecular weight excluding hydrogens is 195 g/mol. The number of hydrogen-bond acceptors (Lipinski definition) is 3. The van der Waals surface area contributed by atoms with Gasteiger partial charge in [-0.05, 0) is 17.7 Å². The summed E-state index contributed by atoms with van der Waals surface area (Å²) < 4.78 is 12.9. The first-order valence-corrected chi connectivity index (χ1v) is 4.40. The summed E-state index contributed by atoms with van der Waals surface area (Å²) in [4.78, 5) is 0. The molecule has 0 saturated carbocycles. The van der Waals surface area contributed by atoms with Gasteiger partial charge in [-0.15, -0.1) is 6.58 Å². The maximum Gasteiger partial charge on any atom is 0.127 e. The van der Waals surface area contributed by atoms with Crippen molar-refractivity contribution in [2.24, 2.45) is 0 Å². The molecule has 1 unspecified atom stereocenters. The number of benzene rings is 1. The van der Waals surface area contributed by atoms with Crippen LogP contribution < -0.4 is 5.32 Å². The van der Waals surface area contributed by atoms with Crippen molar-refractivity contribution in [2.75, 3.05) is 6.54 Å². The monoisotopic (exact) mass is 206 g/mol. The molecule has 0 aliphatic heterocycles. The standard InChI is InChI=1S/C11H11FN2O/c1-2-3-14-11(7-13)8-4-9(12)6-10(15)5-8/h2,4-6,11,14-15H,1,3H2. The van der Waals surface area contributed by atoms with Crippen LogP contribution in [0, 0.1) is 17.1 Å². The number of halogens is 1. The van der Waals surface area contributed by atoms with Crippen molar-refractivity contribution in [3.05, 3.63) is 42.2 Å². The van der Waals surface area contributed by atoms with Crippen LogP contribution >= 0.6 is 0 Å². The Labute approximate surface area is 87.5 Å². The Morgan fingerprint density at radius 2 is 2.33 bits per heavy atom. The summed E-state index contributed by atoms with van der Waals surface area (Å²) in [6, 6.07) is 4.88. The van der Waals surface area contributed by atoms with Crippen molar-refractivity contribution in [3.63, 3.8) is 0 Å². The lowest BCUT2D eigenvalue weighted by Crippen LogP contribution is -2.19. The molecule has 2 N–H and O–H groups in total. The van der Waals surface area contributed by atoms with Crippen LogP contribution in [0.1, 0.15) is 11.6 Å². The van der Waals surface area contributed by atoms with E-state index in [9.17, 15) is 4.39 Å². The zero-order chi connectivity index (χ0) is 11.3. The number of nitrogens with zero attached hydrogens (tertiary/aromatic N) is 1. The first kappa shape index (κ1) is 11.2. The molecule has 0 aliphatic carbocycles. The molecule has 0 aromatic heterocycles. The average molecular weight is 206 g/mol. The van der Waals surface area contributed by atoms with E-state index in [1.165, 1.54) is 12.1 Å². The number of phenols is 1. The van der Waals surface area contributed by atoms with Crippen LogP contribution in [0.4, 0.5) is 4.39 Å². The number of hydrogen-bond donors (Lipinski definition) is 2. The SMILES string of the molecule is C=CCNC(C#N)c1cc(O)cc(F)c1. The van der Waals surface area contributed by atoms with Gasteiger partial charge in [-0.25, -0.2) is 4.39 Å². The summed E-state index contributed by atoms with van der Waals surface area (Å²) in [7, 11) is 0. The van der Waals surface area contributed by atoms with E-state index in [1.807, 2.05) is 6.07 Å². The topological polar surface area (TPSA) is 56.0 Å². The van der Waals surface area contributed by atoms with Gasteiger partial charge in [0, 0.05) is 12.6 Å². The maximum atomic E-state index is 12.9. The van der Waals surface area contributed by atoms with Gasteiger partial charge in [0.05, 0.1) is 6.07 Å². The molecule has 0 radical (unpaired) electrons. The molecule has 3 nitrogen and oxygen atoms in total. The van der Waals surface area contributed by atoms with Crippen LogP contribution in [0.25, 0.3) is 0 Å². The molecule has 1 aromatic carbocycles. The molecule has 0 spiro atoms. The van der Waals surface area contributed by atoms with E-state index in [1.54, 1.807) is 6.08 Å². The first-order chi connectivity index (χ1) is 7.17. The van der Waals surface area contributed by atoms with E-state index in [2.05, 4.69) is 11.9 Å². The van der Waals surface area contributed by atoms with Gasteiger partial charge in [0.25, 0.3) is 0 Å². The minimum absolute atomic E-state index is 0.189. The zero-order valence-electron chi connectivity index (χ0n) is 8.07. The Balaban J connectivity index is 2.92. The minimum Gasteiger partial charge on any atom is -0.508 e. The summed E-state index contributed by atoms with van der Waals surface area (Å²) in [6.07, 6.45) is 1.60. The third-order valence-corrected chi connectivity index (χ3v) is 1.83. The Hall–Kier alpha value is -1.86. The fourth-order valence-electron chi connectivity index (χ4n) is 1.20. The molecule has 0 saturated heterocycles. The van der Waals surface area contributed by atoms with Crippen molar-refractivity contribution >= 4 is 0 Å². The predicted molar refractivity (Wildman–Crippen MR) is 54.6 cm³/mol. The van der Waals surface area contributed by atoms with Gasteiger partial charge in [-0.3, -0.25) is 5.32 Å². The fraction of sp³-hybridized carbons (Fsp3) is 0.182. The highest BCUT2D eigenvalue weighted by molar-refractivity contribution is 5.33. The average Bonchev–Trinajstić information content (AvgIpc) is 2.17. The number of aromatic hydroxyl groups is 1. The third kappa shape index (κ3) is 3.08. The molecular formula is C11H11FN2O. The molecule has 15 heavy (non-hydrogen) atoms. The van der Waals surface area contributed by atoms with Crippen molar-refractivity contribution in [1.82, 2.24) is 5.32 Å². The Morgan fingerprint density at radius 1 is 1.60 bits per heavy atom. The van der Waals surface area contributed by atoms with Gasteiger partial charge in [0.2, 0.25) is 0 Å². The van der Waals surface area contributed by atoms with E-state index in [4.69, 9.17) is 10.4 Å². The molecule has 0 heterocycles. The van der Waals surface area contributed by atoms with Gasteiger partial charge in [0.15, 0.2) is 0 Å². The van der Waals surface area contributed by atoms with Crippen LogP contribution in [0.3, 0.4) is 0 Å². The van der Waals surface area contributed by atoms with Crippen LogP contribution in [-0.4, -0.2) is 11.7 Å². The zero-order valence-corrected chi connectivity index (χ0v) is 8.07. The molecule has 1 rings (SSSR count). The summed E-state index contributed by atoms with van der Waals surface area (Å²) in [5.41, 5.74) is 0.400. The van der Waals surface area contributed by atoms with Crippen molar-refractivity contribution in [3.8, 4) is 11.8 Å². The van der Waals surface area contributed by atoms with Crippen molar-refractivity contribution < 1.29 is 9.50 Å². The first-order valence-electron chi connectivity index (χ1n) is 4.40. The lowest BCUT2D eigenvalue weighted by molar-refractivity contribution is 0.467. The van der Waals surface area contributed by atoms with Gasteiger partial charge >= 0.3 is 0 Å². The van der Waals surface area contributed by atoms with Crippen LogP contribution in [0.15, 0.2) is 30.9 Å². The van der Waals surface area contributed by atoms with Crippen LogP contribution in [0.2, 0.25) is 0 Å². The molecule has 1 atom stereocenters. The lowest BCUT2D eigenvalue weighted by Gasteiger charge is -2.10. The quantitative estimate of drug-likeness (QED) is 0.739. The summed E-state index contributed by atoms with van der Waals surface area (Å²) in [6.45, 7) is 3.94. The Bertz CT molecular complexity index is 378. The largest absolute Gasteiger partial charge is 0.508 e. The predicted octanol–water partition coefficient (Wildman–Crippen LogP) is 1.87. The van der Waals surface area contributed by atoms with Crippen LogP contribution in [-0.2, 0) is 0 Å². The normalized spacial score (nSPS) is 11.7. The molecule has 78 valence electrons. The molecule has 0 aliphatic rings. The van der Waals surface area contributed by atoms with Crippen molar-refractivity contribution in [1.29, 1.82) is 5.26 Å². The number of nitrogens with one attached hydrogen (secondary N) is 1. The summed E-state index contributed by atoms with van der Waals surface area (Å²) >= 11 is 0. The molecule has 0 bridgehead atoms. The van der Waals surface area contributed by atoms with Crippen molar-refractivity contribution in [2.45, 2.75) is 6.04 Å². The number of nitriles is 1. The molecule has 1 aromatic rings. The van der Waals surface area contributed by atoms with Gasteiger partial charge in [-0.1, -0.05) is 6.08 Å². The minimum atomic E-state index is -0.649. The third-order valence-electron chi connectivity index (χ3n) is 1.83. The molecule has 4 heteroatoms. The second-order valence-corrected chi connectivity index (χ2v) is 3.00. The smallest absolute Gasteiger partial charge is 0.127 e. The number of rotatable bonds is 4. The summed E-state index contributed by atoms with van der Waals surface area (Å²) in [5.74, 6) is -0.753. The van der Waals surface area contributed by atoms with Crippen LogP contribution in [0.5, 0.6) is 5.75 Å². The van der Waals surface area contributed by atoms with Gasteiger partial charge < -0.3 is 5.11 Å². The fourth-order valence-corrected chi connectivity index (χ4v) is 1.20. The van der Waals surface area contributed by atoms with Gasteiger partial charge in [-0.2, -0.15) is 5.26 Å². The molecule has 0 fully saturated rings. The highest BCUT2D eigenvalue weighted by atomic mass is 19.1. The van der Waals surface area contributed by atoms with E-state index >= 15 is 0 Å². The highest BCUT2D eigenvalue weighted by Gasteiger charge is 2.10.